The molecule has 2 rings (SSSR count). The van der Waals surface area contributed by atoms with Gasteiger partial charge in [0.05, 0.1) is 6.61 Å². The van der Waals surface area contributed by atoms with E-state index in [1.165, 1.54) is 0 Å². The van der Waals surface area contributed by atoms with Crippen molar-refractivity contribution in [1.82, 2.24) is 0 Å². The SMILES string of the molecule is CNc1ccc(O)cc1.O=C1O[C@H]([C@@H](O)CO)C(O)=C1O. The van der Waals surface area contributed by atoms with Gasteiger partial charge in [0.2, 0.25) is 5.76 Å². The van der Waals surface area contributed by atoms with Gasteiger partial charge in [-0.1, -0.05) is 0 Å². The van der Waals surface area contributed by atoms with Gasteiger partial charge in [0.25, 0.3) is 0 Å². The highest BCUT2D eigenvalue weighted by molar-refractivity contribution is 5.89. The number of hydrogen-bond acceptors (Lipinski definition) is 8. The van der Waals surface area contributed by atoms with Crippen LogP contribution in [0.25, 0.3) is 0 Å². The Bertz CT molecular complexity index is 512. The molecule has 0 aliphatic carbocycles. The summed E-state index contributed by atoms with van der Waals surface area (Å²) >= 11 is 0. The molecule has 8 nitrogen and oxygen atoms in total. The van der Waals surface area contributed by atoms with Gasteiger partial charge in [-0.15, -0.1) is 0 Å². The first-order valence-electron chi connectivity index (χ1n) is 5.99. The van der Waals surface area contributed by atoms with Crippen LogP contribution in [0.4, 0.5) is 5.69 Å². The second-order valence-corrected chi connectivity index (χ2v) is 4.11. The monoisotopic (exact) mass is 299 g/mol. The van der Waals surface area contributed by atoms with Crippen molar-refractivity contribution in [2.45, 2.75) is 12.2 Å². The summed E-state index contributed by atoms with van der Waals surface area (Å²) in [6, 6.07) is 6.92. The van der Waals surface area contributed by atoms with E-state index in [0.717, 1.165) is 5.69 Å². The number of anilines is 1. The summed E-state index contributed by atoms with van der Waals surface area (Å²) in [5, 5.41) is 46.8. The number of phenolic OH excluding ortho intramolecular Hbond substituents is 1. The molecule has 0 amide bonds. The number of hydrogen-bond donors (Lipinski definition) is 6. The van der Waals surface area contributed by atoms with Gasteiger partial charge in [-0.3, -0.25) is 0 Å². The number of benzene rings is 1. The molecule has 6 N–H and O–H groups in total. The van der Waals surface area contributed by atoms with Gasteiger partial charge in [-0.05, 0) is 24.3 Å². The molecule has 1 aromatic carbocycles. The number of aliphatic hydroxyl groups is 4. The molecular formula is C13H17NO7. The van der Waals surface area contributed by atoms with Crippen LogP contribution in [0, 0.1) is 0 Å². The quantitative estimate of drug-likeness (QED) is 0.339. The van der Waals surface area contributed by atoms with E-state index in [2.05, 4.69) is 10.1 Å². The first-order valence-corrected chi connectivity index (χ1v) is 5.99. The Morgan fingerprint density at radius 2 is 1.81 bits per heavy atom. The number of nitrogens with one attached hydrogen (secondary N) is 1. The fourth-order valence-electron chi connectivity index (χ4n) is 1.45. The fraction of sp³-hybridized carbons (Fsp3) is 0.308. The average molecular weight is 299 g/mol. The van der Waals surface area contributed by atoms with E-state index in [0.29, 0.717) is 5.75 Å². The van der Waals surface area contributed by atoms with Crippen molar-refractivity contribution in [3.8, 4) is 5.75 Å². The van der Waals surface area contributed by atoms with Crippen LogP contribution in [0.3, 0.4) is 0 Å². The van der Waals surface area contributed by atoms with Crippen LogP contribution in [-0.2, 0) is 9.53 Å². The van der Waals surface area contributed by atoms with Crippen molar-refractivity contribution in [2.75, 3.05) is 19.0 Å². The number of phenols is 1. The number of carbonyl (C=O) groups excluding carboxylic acids is 1. The molecule has 0 saturated heterocycles. The van der Waals surface area contributed by atoms with Crippen molar-refractivity contribution >= 4 is 11.7 Å². The summed E-state index contributed by atoms with van der Waals surface area (Å²) in [5.41, 5.74) is 1.01. The Morgan fingerprint density at radius 1 is 1.24 bits per heavy atom. The number of rotatable bonds is 3. The largest absolute Gasteiger partial charge is 0.508 e. The molecular weight excluding hydrogens is 282 g/mol. The van der Waals surface area contributed by atoms with Crippen molar-refractivity contribution in [2.24, 2.45) is 0 Å². The Kier molecular flexibility index (Phi) is 5.82. The number of carbonyl (C=O) groups is 1. The first-order chi connectivity index (χ1) is 9.90. The Hall–Kier alpha value is -2.45. The minimum absolute atomic E-state index is 0.300. The second-order valence-electron chi connectivity index (χ2n) is 4.11. The summed E-state index contributed by atoms with van der Waals surface area (Å²) in [6.07, 6.45) is -2.78. The van der Waals surface area contributed by atoms with E-state index in [-0.39, 0.29) is 0 Å². The van der Waals surface area contributed by atoms with Gasteiger partial charge in [-0.25, -0.2) is 4.79 Å². The van der Waals surface area contributed by atoms with E-state index < -0.39 is 36.3 Å². The molecule has 1 aromatic rings. The molecule has 0 radical (unpaired) electrons. The molecule has 21 heavy (non-hydrogen) atoms. The van der Waals surface area contributed by atoms with Crippen molar-refractivity contribution < 1.29 is 35.1 Å². The van der Waals surface area contributed by atoms with Crippen LogP contribution in [0.1, 0.15) is 0 Å². The standard InChI is InChI=1S/C7H9NO.C6H8O6/c1-8-6-2-4-7(9)5-3-6;7-1-2(8)5-3(9)4(10)6(11)12-5/h2-5,8-9H,1H3;2,5,7-10H,1H2/t;2-,5+/m.0/s1. The molecule has 8 heteroatoms. The first kappa shape index (κ1) is 16.6. The van der Waals surface area contributed by atoms with Crippen LogP contribution in [-0.4, -0.2) is 57.4 Å². The van der Waals surface area contributed by atoms with Gasteiger partial charge < -0.3 is 35.6 Å². The molecule has 1 heterocycles. The minimum atomic E-state index is -1.42. The highest BCUT2D eigenvalue weighted by atomic mass is 16.6. The average Bonchev–Trinajstić information content (AvgIpc) is 2.75. The molecule has 2 atom stereocenters. The maximum absolute atomic E-state index is 10.5. The number of aliphatic hydroxyl groups excluding tert-OH is 4. The molecule has 0 saturated carbocycles. The lowest BCUT2D eigenvalue weighted by atomic mass is 10.2. The van der Waals surface area contributed by atoms with E-state index >= 15 is 0 Å². The van der Waals surface area contributed by atoms with Crippen LogP contribution < -0.4 is 5.32 Å². The molecule has 0 unspecified atom stereocenters. The summed E-state index contributed by atoms with van der Waals surface area (Å²) in [5.74, 6) is -2.48. The molecule has 0 fully saturated rings. The zero-order chi connectivity index (χ0) is 16.0. The van der Waals surface area contributed by atoms with Crippen molar-refractivity contribution in [3.63, 3.8) is 0 Å². The second kappa shape index (κ2) is 7.36. The molecule has 0 aromatic heterocycles. The van der Waals surface area contributed by atoms with Gasteiger partial charge >= 0.3 is 5.97 Å². The summed E-state index contributed by atoms with van der Waals surface area (Å²) in [7, 11) is 1.84. The third-order valence-electron chi connectivity index (χ3n) is 2.63. The Labute approximate surface area is 120 Å². The predicted octanol–water partition coefficient (Wildman–Crippen LogP) is 0.0265. The number of cyclic esters (lactones) is 1. The molecule has 1 aliphatic rings. The van der Waals surface area contributed by atoms with Gasteiger partial charge in [0.1, 0.15) is 11.9 Å². The van der Waals surface area contributed by atoms with Crippen LogP contribution in [0.5, 0.6) is 5.75 Å². The number of aromatic hydroxyl groups is 1. The minimum Gasteiger partial charge on any atom is -0.508 e. The number of esters is 1. The molecule has 1 aliphatic heterocycles. The summed E-state index contributed by atoms with van der Waals surface area (Å²) < 4.78 is 4.32. The van der Waals surface area contributed by atoms with E-state index in [1.807, 2.05) is 19.2 Å². The van der Waals surface area contributed by atoms with Crippen molar-refractivity contribution in [1.29, 1.82) is 0 Å². The van der Waals surface area contributed by atoms with E-state index in [9.17, 15) is 4.79 Å². The lowest BCUT2D eigenvalue weighted by molar-refractivity contribution is -0.147. The fourth-order valence-corrected chi connectivity index (χ4v) is 1.45. The van der Waals surface area contributed by atoms with E-state index in [1.54, 1.807) is 12.1 Å². The smallest absolute Gasteiger partial charge is 0.377 e. The van der Waals surface area contributed by atoms with Crippen LogP contribution >= 0.6 is 0 Å². The zero-order valence-electron chi connectivity index (χ0n) is 11.2. The maximum Gasteiger partial charge on any atom is 0.377 e. The third-order valence-corrected chi connectivity index (χ3v) is 2.63. The maximum atomic E-state index is 10.5. The Balaban J connectivity index is 0.000000219. The van der Waals surface area contributed by atoms with Crippen molar-refractivity contribution in [3.05, 3.63) is 35.8 Å². The lowest BCUT2D eigenvalue weighted by Gasteiger charge is -2.13. The number of ether oxygens (including phenoxy) is 1. The zero-order valence-corrected chi connectivity index (χ0v) is 11.2. The van der Waals surface area contributed by atoms with Crippen LogP contribution in [0.2, 0.25) is 0 Å². The third kappa shape index (κ3) is 4.26. The summed E-state index contributed by atoms with van der Waals surface area (Å²) in [6.45, 7) is -0.671. The molecule has 0 spiro atoms. The van der Waals surface area contributed by atoms with E-state index in [4.69, 9.17) is 25.5 Å². The Morgan fingerprint density at radius 3 is 2.19 bits per heavy atom. The molecule has 116 valence electrons. The van der Waals surface area contributed by atoms with Gasteiger partial charge in [-0.2, -0.15) is 0 Å². The predicted molar refractivity (Wildman–Crippen MR) is 72.9 cm³/mol. The molecule has 0 bridgehead atoms. The lowest BCUT2D eigenvalue weighted by Crippen LogP contribution is -2.31. The highest BCUT2D eigenvalue weighted by Gasteiger charge is 2.38. The summed E-state index contributed by atoms with van der Waals surface area (Å²) in [4.78, 5) is 10.5. The highest BCUT2D eigenvalue weighted by Crippen LogP contribution is 2.20. The van der Waals surface area contributed by atoms with Crippen LogP contribution in [0.15, 0.2) is 35.8 Å². The van der Waals surface area contributed by atoms with Gasteiger partial charge in [0.15, 0.2) is 11.9 Å². The van der Waals surface area contributed by atoms with Gasteiger partial charge in [0, 0.05) is 12.7 Å². The topological polar surface area (TPSA) is 139 Å². The normalized spacial score (nSPS) is 18.6.